The van der Waals surface area contributed by atoms with Gasteiger partial charge in [0.2, 0.25) is 0 Å². The van der Waals surface area contributed by atoms with Crippen LogP contribution in [-0.2, 0) is 19.1 Å². The number of unbranched alkanes of at least 4 members (excludes halogenated alkanes) is 14. The van der Waals surface area contributed by atoms with Crippen molar-refractivity contribution in [2.45, 2.75) is 174 Å². The quantitative estimate of drug-likeness (QED) is 0.0303. The number of carbonyl (C=O) groups excluding carboxylic acids is 2. The summed E-state index contributed by atoms with van der Waals surface area (Å²) in [7, 11) is 0. The maximum Gasteiger partial charge on any atom is 0.306 e. The third-order valence-electron chi connectivity index (χ3n) is 8.11. The standard InChI is InChI=1S/C43H72O6/c1-3-5-7-9-11-12-13-14-15-16-17-21-24-28-32-36-42(46)48-39-41(38-44)49-43(47)37-33-29-25-22-19-18-20-23-27-31-35-40(45)34-30-26-10-8-6-4-2/h6,8,18-19,23,25-27,29-31,35,40-41,44-45H,3-5,7,9-17,20-22,24,28,32-34,36-39H2,1-2H3/b8-6-,19-18-,27-23-,29-25-,30-26-,35-31+/t40?,41-/m0/s1. The number of allylic oxidation sites excluding steroid dienone is 10. The molecule has 0 saturated heterocycles. The van der Waals surface area contributed by atoms with Crippen LogP contribution in [0, 0.1) is 0 Å². The Morgan fingerprint density at radius 2 is 1.12 bits per heavy atom. The number of carbonyl (C=O) groups is 2. The number of rotatable bonds is 34. The van der Waals surface area contributed by atoms with E-state index in [4.69, 9.17) is 9.47 Å². The molecule has 49 heavy (non-hydrogen) atoms. The second-order valence-electron chi connectivity index (χ2n) is 12.8. The molecule has 6 heteroatoms. The molecule has 2 N–H and O–H groups in total. The minimum Gasteiger partial charge on any atom is -0.462 e. The fourth-order valence-electron chi connectivity index (χ4n) is 5.13. The van der Waals surface area contributed by atoms with Gasteiger partial charge >= 0.3 is 11.9 Å². The number of hydrogen-bond donors (Lipinski definition) is 2. The summed E-state index contributed by atoms with van der Waals surface area (Å²) in [5.41, 5.74) is 0. The third-order valence-corrected chi connectivity index (χ3v) is 8.11. The molecule has 6 nitrogen and oxygen atoms in total. The van der Waals surface area contributed by atoms with Gasteiger partial charge in [-0.1, -0.05) is 177 Å². The Labute approximate surface area is 300 Å². The van der Waals surface area contributed by atoms with Crippen LogP contribution in [0.3, 0.4) is 0 Å². The molecular weight excluding hydrogens is 612 g/mol. The van der Waals surface area contributed by atoms with Crippen LogP contribution in [0.2, 0.25) is 0 Å². The molecule has 0 radical (unpaired) electrons. The molecule has 0 fully saturated rings. The number of aliphatic hydroxyl groups is 2. The molecule has 0 saturated carbocycles. The molecule has 0 aliphatic heterocycles. The molecule has 0 spiro atoms. The van der Waals surface area contributed by atoms with Crippen LogP contribution in [-0.4, -0.2) is 47.6 Å². The minimum atomic E-state index is -0.828. The first-order valence-electron chi connectivity index (χ1n) is 19.6. The lowest BCUT2D eigenvalue weighted by molar-refractivity contribution is -0.161. The Hall–Kier alpha value is -2.70. The van der Waals surface area contributed by atoms with E-state index < -0.39 is 18.2 Å². The molecule has 0 aliphatic carbocycles. The highest BCUT2D eigenvalue weighted by Gasteiger charge is 2.15. The zero-order chi connectivity index (χ0) is 35.9. The first kappa shape index (κ1) is 46.3. The van der Waals surface area contributed by atoms with E-state index >= 15 is 0 Å². The summed E-state index contributed by atoms with van der Waals surface area (Å²) >= 11 is 0. The summed E-state index contributed by atoms with van der Waals surface area (Å²) in [6, 6.07) is 0. The van der Waals surface area contributed by atoms with Gasteiger partial charge in [0, 0.05) is 12.8 Å². The van der Waals surface area contributed by atoms with Crippen LogP contribution < -0.4 is 0 Å². The van der Waals surface area contributed by atoms with Crippen molar-refractivity contribution in [3.05, 3.63) is 72.9 Å². The van der Waals surface area contributed by atoms with Crippen molar-refractivity contribution in [3.8, 4) is 0 Å². The highest BCUT2D eigenvalue weighted by molar-refractivity contribution is 5.70. The zero-order valence-corrected chi connectivity index (χ0v) is 31.3. The first-order valence-corrected chi connectivity index (χ1v) is 19.6. The Morgan fingerprint density at radius 3 is 1.71 bits per heavy atom. The molecule has 0 aromatic heterocycles. The average Bonchev–Trinajstić information content (AvgIpc) is 3.10. The summed E-state index contributed by atoms with van der Waals surface area (Å²) in [4.78, 5) is 24.2. The Morgan fingerprint density at radius 1 is 0.592 bits per heavy atom. The van der Waals surface area contributed by atoms with Crippen molar-refractivity contribution in [3.63, 3.8) is 0 Å². The van der Waals surface area contributed by atoms with Gasteiger partial charge in [0.25, 0.3) is 0 Å². The molecular formula is C43H72O6. The summed E-state index contributed by atoms with van der Waals surface area (Å²) in [6.45, 7) is 3.89. The van der Waals surface area contributed by atoms with Crippen LogP contribution in [0.5, 0.6) is 0 Å². The molecule has 0 aliphatic rings. The van der Waals surface area contributed by atoms with E-state index in [0.717, 1.165) is 44.9 Å². The van der Waals surface area contributed by atoms with Crippen molar-refractivity contribution in [2.75, 3.05) is 13.2 Å². The smallest absolute Gasteiger partial charge is 0.306 e. The SMILES string of the molecule is CC/C=C\C/C=C\CC(O)/C=C/C=C\C/C=C\C/C=C\CCC(=O)O[C@@H](CO)COC(=O)CCCCCCCCCCCCCCCCC. The van der Waals surface area contributed by atoms with E-state index in [9.17, 15) is 19.8 Å². The van der Waals surface area contributed by atoms with Crippen molar-refractivity contribution < 1.29 is 29.3 Å². The lowest BCUT2D eigenvalue weighted by Gasteiger charge is -2.15. The molecule has 0 rings (SSSR count). The fourth-order valence-corrected chi connectivity index (χ4v) is 5.13. The van der Waals surface area contributed by atoms with Gasteiger partial charge in [-0.15, -0.1) is 0 Å². The van der Waals surface area contributed by atoms with Crippen LogP contribution >= 0.6 is 0 Å². The van der Waals surface area contributed by atoms with E-state index in [1.54, 1.807) is 6.08 Å². The van der Waals surface area contributed by atoms with Crippen molar-refractivity contribution in [1.82, 2.24) is 0 Å². The van der Waals surface area contributed by atoms with Crippen LogP contribution in [0.25, 0.3) is 0 Å². The van der Waals surface area contributed by atoms with Crippen LogP contribution in [0.4, 0.5) is 0 Å². The maximum absolute atomic E-state index is 12.1. The fraction of sp³-hybridized carbons (Fsp3) is 0.674. The van der Waals surface area contributed by atoms with E-state index in [-0.39, 0.29) is 25.6 Å². The zero-order valence-electron chi connectivity index (χ0n) is 31.3. The predicted octanol–water partition coefficient (Wildman–Crippen LogP) is 11.1. The lowest BCUT2D eigenvalue weighted by Crippen LogP contribution is -2.28. The Bertz CT molecular complexity index is 929. The van der Waals surface area contributed by atoms with E-state index in [2.05, 4.69) is 44.2 Å². The van der Waals surface area contributed by atoms with Crippen molar-refractivity contribution in [1.29, 1.82) is 0 Å². The van der Waals surface area contributed by atoms with Gasteiger partial charge in [-0.25, -0.2) is 0 Å². The summed E-state index contributed by atoms with van der Waals surface area (Å²) < 4.78 is 10.5. The number of hydrogen-bond acceptors (Lipinski definition) is 6. The van der Waals surface area contributed by atoms with Crippen molar-refractivity contribution in [2.24, 2.45) is 0 Å². The van der Waals surface area contributed by atoms with Gasteiger partial charge in [0.15, 0.2) is 6.10 Å². The highest BCUT2D eigenvalue weighted by atomic mass is 16.6. The number of esters is 2. The van der Waals surface area contributed by atoms with E-state index in [1.807, 2.05) is 36.5 Å². The van der Waals surface area contributed by atoms with Gasteiger partial charge in [-0.05, 0) is 44.9 Å². The van der Waals surface area contributed by atoms with Crippen LogP contribution in [0.15, 0.2) is 72.9 Å². The summed E-state index contributed by atoms with van der Waals surface area (Å²) in [5.74, 6) is -0.721. The Balaban J connectivity index is 3.77. The van der Waals surface area contributed by atoms with E-state index in [1.165, 1.54) is 77.0 Å². The number of aliphatic hydroxyl groups excluding tert-OH is 2. The monoisotopic (exact) mass is 685 g/mol. The molecule has 1 unspecified atom stereocenters. The second-order valence-corrected chi connectivity index (χ2v) is 12.8. The first-order chi connectivity index (χ1) is 24.0. The third kappa shape index (κ3) is 36.4. The van der Waals surface area contributed by atoms with E-state index in [0.29, 0.717) is 19.3 Å². The summed E-state index contributed by atoms with van der Waals surface area (Å²) in [5, 5.41) is 19.5. The van der Waals surface area contributed by atoms with Gasteiger partial charge < -0.3 is 19.7 Å². The predicted molar refractivity (Wildman–Crippen MR) is 206 cm³/mol. The average molecular weight is 685 g/mol. The van der Waals surface area contributed by atoms with Crippen LogP contribution in [0.1, 0.15) is 162 Å². The molecule has 0 aromatic carbocycles. The normalized spacial score (nSPS) is 13.6. The molecule has 0 heterocycles. The van der Waals surface area contributed by atoms with Gasteiger partial charge in [-0.2, -0.15) is 0 Å². The lowest BCUT2D eigenvalue weighted by atomic mass is 10.0. The second kappa shape index (κ2) is 38.1. The van der Waals surface area contributed by atoms with Gasteiger partial charge in [-0.3, -0.25) is 9.59 Å². The molecule has 280 valence electrons. The topological polar surface area (TPSA) is 93.1 Å². The summed E-state index contributed by atoms with van der Waals surface area (Å²) in [6.07, 6.45) is 47.1. The molecule has 0 aromatic rings. The van der Waals surface area contributed by atoms with Gasteiger partial charge in [0.1, 0.15) is 6.61 Å². The Kier molecular flexibility index (Phi) is 36.0. The number of ether oxygens (including phenoxy) is 2. The minimum absolute atomic E-state index is 0.111. The molecule has 0 bridgehead atoms. The highest BCUT2D eigenvalue weighted by Crippen LogP contribution is 2.14. The van der Waals surface area contributed by atoms with Crippen molar-refractivity contribution >= 4 is 11.9 Å². The largest absolute Gasteiger partial charge is 0.462 e. The molecule has 2 atom stereocenters. The molecule has 0 amide bonds. The van der Waals surface area contributed by atoms with Gasteiger partial charge in [0.05, 0.1) is 12.7 Å². The maximum atomic E-state index is 12.1.